The van der Waals surface area contributed by atoms with Crippen LogP contribution >= 0.6 is 11.3 Å². The van der Waals surface area contributed by atoms with Gasteiger partial charge in [0.15, 0.2) is 10.8 Å². The number of ketones is 1. The maximum absolute atomic E-state index is 12.2. The second-order valence-corrected chi connectivity index (χ2v) is 6.50. The van der Waals surface area contributed by atoms with Crippen molar-refractivity contribution >= 4 is 34.0 Å². The van der Waals surface area contributed by atoms with Gasteiger partial charge in [0.05, 0.1) is 10.6 Å². The molecule has 3 rings (SSSR count). The number of nitrogens with zero attached hydrogens (tertiary/aromatic N) is 1. The highest BCUT2D eigenvalue weighted by Gasteiger charge is 2.29. The van der Waals surface area contributed by atoms with Crippen LogP contribution in [0.2, 0.25) is 0 Å². The molecule has 1 aromatic carbocycles. The molecule has 1 aromatic heterocycles. The first-order valence-corrected chi connectivity index (χ1v) is 7.68. The molecule has 1 aliphatic rings. The maximum atomic E-state index is 12.2. The number of carbonyl (C=O) groups excluding carboxylic acids is 1. The Labute approximate surface area is 112 Å². The molecular formula is C13H11NO2S2. The molecule has 0 bridgehead atoms. The van der Waals surface area contributed by atoms with E-state index in [1.54, 1.807) is 12.1 Å². The zero-order valence-electron chi connectivity index (χ0n) is 9.75. The highest BCUT2D eigenvalue weighted by molar-refractivity contribution is 7.92. The normalized spacial score (nSPS) is 17.9. The van der Waals surface area contributed by atoms with Gasteiger partial charge in [0.1, 0.15) is 0 Å². The lowest BCUT2D eigenvalue weighted by Gasteiger charge is -2.06. The van der Waals surface area contributed by atoms with E-state index in [9.17, 15) is 9.35 Å². The van der Waals surface area contributed by atoms with Crippen molar-refractivity contribution in [1.29, 1.82) is 0 Å². The number of fused-ring (bicyclic) bond motifs is 1. The number of hydrogen-bond acceptors (Lipinski definition) is 4. The lowest BCUT2D eigenvalue weighted by atomic mass is 10.1. The maximum Gasteiger partial charge on any atom is 0.203 e. The minimum Gasteiger partial charge on any atom is -0.610 e. The van der Waals surface area contributed by atoms with Crippen LogP contribution in [0.25, 0.3) is 0 Å². The molecule has 1 unspecified atom stereocenters. The first-order valence-electron chi connectivity index (χ1n) is 5.48. The van der Waals surface area contributed by atoms with Gasteiger partial charge in [-0.15, -0.1) is 11.3 Å². The van der Waals surface area contributed by atoms with E-state index in [-0.39, 0.29) is 5.78 Å². The largest absolute Gasteiger partial charge is 0.610 e. The highest BCUT2D eigenvalue weighted by atomic mass is 32.2. The summed E-state index contributed by atoms with van der Waals surface area (Å²) < 4.78 is 11.9. The molecule has 0 aliphatic carbocycles. The summed E-state index contributed by atoms with van der Waals surface area (Å²) in [4.78, 5) is 15.6. The highest BCUT2D eigenvalue weighted by Crippen LogP contribution is 2.33. The summed E-state index contributed by atoms with van der Waals surface area (Å²) in [7, 11) is 1.91. The Morgan fingerprint density at radius 1 is 1.44 bits per heavy atom. The van der Waals surface area contributed by atoms with Gasteiger partial charge in [0.25, 0.3) is 0 Å². The van der Waals surface area contributed by atoms with Crippen molar-refractivity contribution in [2.75, 3.05) is 17.8 Å². The fourth-order valence-corrected chi connectivity index (χ4v) is 4.05. The molecule has 0 N–H and O–H groups in total. The van der Waals surface area contributed by atoms with Crippen molar-refractivity contribution in [3.05, 3.63) is 46.2 Å². The summed E-state index contributed by atoms with van der Waals surface area (Å²) >= 11 is 0.400. The second-order valence-electron chi connectivity index (χ2n) is 4.16. The molecule has 0 saturated carbocycles. The Balaban J connectivity index is 2.01. The molecule has 2 heterocycles. The minimum absolute atomic E-state index is 0.000599. The molecular weight excluding hydrogens is 266 g/mol. The fraction of sp³-hybridized carbons (Fsp3) is 0.154. The summed E-state index contributed by atoms with van der Waals surface area (Å²) in [6.45, 7) is 0. The van der Waals surface area contributed by atoms with Crippen LogP contribution in [0.1, 0.15) is 15.2 Å². The predicted molar refractivity (Wildman–Crippen MR) is 73.9 cm³/mol. The van der Waals surface area contributed by atoms with Gasteiger partial charge in [-0.1, -0.05) is 6.07 Å². The third-order valence-corrected chi connectivity index (χ3v) is 5.24. The topological polar surface area (TPSA) is 43.4 Å². The SMILES string of the molecule is CN1C[S+]([O-])c2cc(C(=O)c3cccs3)ccc21. The third kappa shape index (κ3) is 1.84. The molecule has 0 fully saturated rings. The van der Waals surface area contributed by atoms with Gasteiger partial charge in [0, 0.05) is 29.9 Å². The van der Waals surface area contributed by atoms with Crippen molar-refractivity contribution in [2.24, 2.45) is 0 Å². The van der Waals surface area contributed by atoms with Crippen molar-refractivity contribution < 1.29 is 9.35 Å². The van der Waals surface area contributed by atoms with Crippen molar-refractivity contribution in [3.63, 3.8) is 0 Å². The Morgan fingerprint density at radius 2 is 2.28 bits per heavy atom. The Bertz CT molecular complexity index is 595. The molecule has 0 amide bonds. The average molecular weight is 277 g/mol. The number of anilines is 1. The molecule has 2 aromatic rings. The van der Waals surface area contributed by atoms with E-state index < -0.39 is 11.2 Å². The van der Waals surface area contributed by atoms with Crippen LogP contribution in [-0.2, 0) is 11.2 Å². The quantitative estimate of drug-likeness (QED) is 0.625. The molecule has 1 atom stereocenters. The van der Waals surface area contributed by atoms with Gasteiger partial charge in [-0.25, -0.2) is 0 Å². The molecule has 92 valence electrons. The van der Waals surface area contributed by atoms with Gasteiger partial charge in [0.2, 0.25) is 5.78 Å². The van der Waals surface area contributed by atoms with E-state index >= 15 is 0 Å². The molecule has 0 saturated heterocycles. The van der Waals surface area contributed by atoms with E-state index in [0.29, 0.717) is 16.3 Å². The fourth-order valence-electron chi connectivity index (χ4n) is 2.02. The summed E-state index contributed by atoms with van der Waals surface area (Å²) in [6.07, 6.45) is 0. The summed E-state index contributed by atoms with van der Waals surface area (Å²) in [5.41, 5.74) is 1.57. The molecule has 3 nitrogen and oxygen atoms in total. The van der Waals surface area contributed by atoms with Crippen LogP contribution in [0.4, 0.5) is 5.69 Å². The van der Waals surface area contributed by atoms with Gasteiger partial charge in [-0.2, -0.15) is 0 Å². The van der Waals surface area contributed by atoms with E-state index in [1.807, 2.05) is 35.5 Å². The summed E-state index contributed by atoms with van der Waals surface area (Å²) in [6, 6.07) is 9.11. The van der Waals surface area contributed by atoms with Crippen LogP contribution in [0.5, 0.6) is 0 Å². The summed E-state index contributed by atoms with van der Waals surface area (Å²) in [5.74, 6) is 0.505. The summed E-state index contributed by atoms with van der Waals surface area (Å²) in [5, 5.41) is 1.88. The first-order chi connectivity index (χ1) is 8.66. The average Bonchev–Trinajstić information content (AvgIpc) is 2.98. The molecule has 18 heavy (non-hydrogen) atoms. The van der Waals surface area contributed by atoms with Crippen molar-refractivity contribution in [3.8, 4) is 0 Å². The van der Waals surface area contributed by atoms with Crippen molar-refractivity contribution in [2.45, 2.75) is 4.90 Å². The van der Waals surface area contributed by atoms with Crippen LogP contribution in [0.15, 0.2) is 40.6 Å². The van der Waals surface area contributed by atoms with E-state index in [0.717, 1.165) is 10.6 Å². The zero-order valence-corrected chi connectivity index (χ0v) is 11.4. The van der Waals surface area contributed by atoms with E-state index in [4.69, 9.17) is 0 Å². The molecule has 5 heteroatoms. The molecule has 1 aliphatic heterocycles. The van der Waals surface area contributed by atoms with Gasteiger partial charge in [-0.3, -0.25) is 4.79 Å². The van der Waals surface area contributed by atoms with Crippen LogP contribution < -0.4 is 4.90 Å². The number of rotatable bonds is 2. The lowest BCUT2D eigenvalue weighted by molar-refractivity contribution is 0.104. The smallest absolute Gasteiger partial charge is 0.203 e. The minimum atomic E-state index is -1.02. The number of hydrogen-bond donors (Lipinski definition) is 0. The Kier molecular flexibility index (Phi) is 2.89. The standard InChI is InChI=1S/C13H11NO2S2/c1-14-8-18(16)12-7-9(4-5-10(12)14)13(15)11-3-2-6-17-11/h2-7H,8H2,1H3. The zero-order chi connectivity index (χ0) is 12.7. The van der Waals surface area contributed by atoms with Gasteiger partial charge < -0.3 is 9.45 Å². The number of thiophene rings is 1. The van der Waals surface area contributed by atoms with Crippen LogP contribution in [0.3, 0.4) is 0 Å². The Hall–Kier alpha value is -1.30. The van der Waals surface area contributed by atoms with E-state index in [2.05, 4.69) is 0 Å². The van der Waals surface area contributed by atoms with Crippen molar-refractivity contribution in [1.82, 2.24) is 0 Å². The first kappa shape index (κ1) is 11.8. The van der Waals surface area contributed by atoms with E-state index in [1.165, 1.54) is 11.3 Å². The Morgan fingerprint density at radius 3 is 3.00 bits per heavy atom. The van der Waals surface area contributed by atoms with Crippen LogP contribution in [0, 0.1) is 0 Å². The number of benzene rings is 1. The predicted octanol–water partition coefficient (Wildman–Crippen LogP) is 2.49. The van der Waals surface area contributed by atoms with Gasteiger partial charge >= 0.3 is 0 Å². The monoisotopic (exact) mass is 277 g/mol. The van der Waals surface area contributed by atoms with Crippen LogP contribution in [-0.4, -0.2) is 23.3 Å². The third-order valence-electron chi connectivity index (χ3n) is 2.93. The second kappa shape index (κ2) is 4.42. The number of carbonyl (C=O) groups is 1. The molecule has 0 spiro atoms. The lowest BCUT2D eigenvalue weighted by Crippen LogP contribution is -2.16. The van der Waals surface area contributed by atoms with Gasteiger partial charge in [-0.05, 0) is 23.6 Å². The molecule has 0 radical (unpaired) electrons.